The molecule has 2 aliphatic carbocycles. The van der Waals surface area contributed by atoms with Crippen LogP contribution in [0.4, 0.5) is 0 Å². The minimum absolute atomic E-state index is 0.00471. The van der Waals surface area contributed by atoms with E-state index in [4.69, 9.17) is 4.98 Å². The lowest BCUT2D eigenvalue weighted by Crippen LogP contribution is -2.29. The summed E-state index contributed by atoms with van der Waals surface area (Å²) in [6.45, 7) is 8.61. The average Bonchev–Trinajstić information content (AvgIpc) is 3.25. The number of hydrogen-bond acceptors (Lipinski definition) is 4. The van der Waals surface area contributed by atoms with Crippen LogP contribution < -0.4 is 0 Å². The van der Waals surface area contributed by atoms with Crippen LogP contribution in [-0.4, -0.2) is 20.3 Å². The van der Waals surface area contributed by atoms with Crippen molar-refractivity contribution in [2.24, 2.45) is 5.41 Å². The van der Waals surface area contributed by atoms with Crippen molar-refractivity contribution in [2.45, 2.75) is 84.5 Å². The van der Waals surface area contributed by atoms with Crippen LogP contribution in [0.2, 0.25) is 0 Å². The third-order valence-electron chi connectivity index (χ3n) is 6.77. The van der Waals surface area contributed by atoms with Crippen molar-refractivity contribution in [3.05, 3.63) is 69.5 Å². The number of fused-ring (bicyclic) bond motifs is 1. The number of pyridine rings is 1. The molecule has 0 saturated heterocycles. The van der Waals surface area contributed by atoms with E-state index in [1.54, 1.807) is 0 Å². The van der Waals surface area contributed by atoms with E-state index >= 15 is 0 Å². The molecule has 31 heavy (non-hydrogen) atoms. The van der Waals surface area contributed by atoms with Crippen LogP contribution in [0, 0.1) is 5.41 Å². The van der Waals surface area contributed by atoms with Gasteiger partial charge in [0.25, 0.3) is 0 Å². The highest BCUT2D eigenvalue weighted by Crippen LogP contribution is 2.48. The van der Waals surface area contributed by atoms with Crippen molar-refractivity contribution >= 4 is 5.57 Å². The van der Waals surface area contributed by atoms with Crippen molar-refractivity contribution in [2.75, 3.05) is 0 Å². The molecule has 0 amide bonds. The van der Waals surface area contributed by atoms with E-state index in [0.717, 1.165) is 64.9 Å². The minimum atomic E-state index is -0.832. The molecule has 1 heterocycles. The summed E-state index contributed by atoms with van der Waals surface area (Å²) in [5.41, 5.74) is 7.55. The van der Waals surface area contributed by atoms with Crippen LogP contribution >= 0.6 is 0 Å². The molecule has 3 N–H and O–H groups in total. The number of rotatable bonds is 5. The first-order chi connectivity index (χ1) is 14.7. The van der Waals surface area contributed by atoms with Crippen LogP contribution in [-0.2, 0) is 13.0 Å². The maximum Gasteiger partial charge on any atom is 0.106 e. The topological polar surface area (TPSA) is 73.6 Å². The van der Waals surface area contributed by atoms with E-state index in [2.05, 4.69) is 33.8 Å². The second kappa shape index (κ2) is 8.50. The van der Waals surface area contributed by atoms with Gasteiger partial charge in [-0.25, -0.2) is 0 Å². The Hall–Kier alpha value is -2.01. The van der Waals surface area contributed by atoms with E-state index in [-0.39, 0.29) is 17.9 Å². The molecule has 2 aromatic rings. The highest BCUT2D eigenvalue weighted by Gasteiger charge is 2.38. The number of aliphatic hydroxyl groups excluding tert-OH is 3. The van der Waals surface area contributed by atoms with Crippen molar-refractivity contribution < 1.29 is 15.3 Å². The van der Waals surface area contributed by atoms with Crippen molar-refractivity contribution in [1.29, 1.82) is 0 Å². The summed E-state index contributed by atoms with van der Waals surface area (Å²) >= 11 is 0. The van der Waals surface area contributed by atoms with Gasteiger partial charge in [-0.05, 0) is 65.7 Å². The molecule has 0 bridgehead atoms. The molecule has 4 heteroatoms. The van der Waals surface area contributed by atoms with Crippen molar-refractivity contribution in [3.63, 3.8) is 0 Å². The monoisotopic (exact) mass is 421 g/mol. The molecular formula is C27H35NO3. The van der Waals surface area contributed by atoms with Gasteiger partial charge < -0.3 is 15.3 Å². The number of allylic oxidation sites excluding steroid dienone is 2. The third kappa shape index (κ3) is 4.21. The molecule has 4 rings (SSSR count). The zero-order valence-electron chi connectivity index (χ0n) is 19.2. The average molecular weight is 422 g/mol. The van der Waals surface area contributed by atoms with E-state index in [1.165, 1.54) is 5.57 Å². The van der Waals surface area contributed by atoms with Gasteiger partial charge in [-0.3, -0.25) is 4.98 Å². The lowest BCUT2D eigenvalue weighted by Gasteiger charge is -2.37. The first-order valence-electron chi connectivity index (χ1n) is 11.5. The summed E-state index contributed by atoms with van der Waals surface area (Å²) in [4.78, 5) is 5.08. The van der Waals surface area contributed by atoms with Gasteiger partial charge in [-0.15, -0.1) is 0 Å². The van der Waals surface area contributed by atoms with E-state index in [1.807, 2.05) is 24.3 Å². The smallest absolute Gasteiger partial charge is 0.106 e. The molecule has 1 aromatic heterocycles. The molecular weight excluding hydrogens is 386 g/mol. The number of nitrogens with zero attached hydrogens (tertiary/aromatic N) is 1. The SMILES string of the molecule is CC(C)c1nc2c(c(C3=CCCC3)c1C(O)c1ccc(CO)cc1)C(O)CC(C)(C)C2. The molecule has 0 aliphatic heterocycles. The number of aliphatic hydroxyl groups is 3. The second-order valence-electron chi connectivity index (χ2n) is 10.3. The summed E-state index contributed by atoms with van der Waals surface area (Å²) in [5, 5.41) is 32.2. The Morgan fingerprint density at radius 3 is 2.45 bits per heavy atom. The number of hydrogen-bond donors (Lipinski definition) is 3. The van der Waals surface area contributed by atoms with Crippen LogP contribution in [0.15, 0.2) is 30.3 Å². The molecule has 0 spiro atoms. The van der Waals surface area contributed by atoms with Gasteiger partial charge in [0.1, 0.15) is 6.10 Å². The highest BCUT2D eigenvalue weighted by molar-refractivity contribution is 5.75. The van der Waals surface area contributed by atoms with Gasteiger partial charge in [0, 0.05) is 22.5 Å². The highest BCUT2D eigenvalue weighted by atomic mass is 16.3. The molecule has 1 aromatic carbocycles. The quantitative estimate of drug-likeness (QED) is 0.608. The van der Waals surface area contributed by atoms with E-state index in [9.17, 15) is 15.3 Å². The van der Waals surface area contributed by atoms with E-state index in [0.29, 0.717) is 6.42 Å². The van der Waals surface area contributed by atoms with Crippen LogP contribution in [0.5, 0.6) is 0 Å². The Bertz CT molecular complexity index is 989. The van der Waals surface area contributed by atoms with Crippen molar-refractivity contribution in [1.82, 2.24) is 4.98 Å². The Balaban J connectivity index is 1.97. The van der Waals surface area contributed by atoms with Gasteiger partial charge in [-0.1, -0.05) is 58.0 Å². The molecule has 0 radical (unpaired) electrons. The van der Waals surface area contributed by atoms with Crippen molar-refractivity contribution in [3.8, 4) is 0 Å². The van der Waals surface area contributed by atoms with Crippen LogP contribution in [0.3, 0.4) is 0 Å². The Kier molecular flexibility index (Phi) is 6.08. The zero-order valence-corrected chi connectivity index (χ0v) is 19.2. The number of benzene rings is 1. The van der Waals surface area contributed by atoms with Crippen LogP contribution in [0.25, 0.3) is 5.57 Å². The van der Waals surface area contributed by atoms with Crippen LogP contribution in [0.1, 0.15) is 111 Å². The summed E-state index contributed by atoms with van der Waals surface area (Å²) in [5.74, 6) is 0.148. The molecule has 2 atom stereocenters. The van der Waals surface area contributed by atoms with Gasteiger partial charge >= 0.3 is 0 Å². The van der Waals surface area contributed by atoms with Gasteiger partial charge in [0.2, 0.25) is 0 Å². The second-order valence-corrected chi connectivity index (χ2v) is 10.3. The molecule has 0 fully saturated rings. The Morgan fingerprint density at radius 2 is 1.87 bits per heavy atom. The van der Waals surface area contributed by atoms with E-state index < -0.39 is 12.2 Å². The molecule has 2 aliphatic rings. The zero-order chi connectivity index (χ0) is 22.3. The predicted octanol–water partition coefficient (Wildman–Crippen LogP) is 5.35. The standard InChI is InChI=1S/C27H35NO3/c1-16(2)25-24(26(31)19-11-9-17(15-29)10-12-19)22(18-7-5-6-8-18)23-20(28-25)13-27(3,4)14-21(23)30/h7,9-12,16,21,26,29-31H,5-6,8,13-15H2,1-4H3. The first-order valence-corrected chi connectivity index (χ1v) is 11.5. The minimum Gasteiger partial charge on any atom is -0.392 e. The Labute approximate surface area is 185 Å². The summed E-state index contributed by atoms with van der Waals surface area (Å²) in [7, 11) is 0. The maximum atomic E-state index is 11.6. The van der Waals surface area contributed by atoms with Gasteiger partial charge in [0.05, 0.1) is 12.7 Å². The lowest BCUT2D eigenvalue weighted by molar-refractivity contribution is 0.0972. The van der Waals surface area contributed by atoms with Gasteiger partial charge in [0.15, 0.2) is 0 Å². The molecule has 2 unspecified atom stereocenters. The molecule has 4 nitrogen and oxygen atoms in total. The summed E-state index contributed by atoms with van der Waals surface area (Å²) < 4.78 is 0. The third-order valence-corrected chi connectivity index (χ3v) is 6.77. The van der Waals surface area contributed by atoms with Gasteiger partial charge in [-0.2, -0.15) is 0 Å². The fraction of sp³-hybridized carbons (Fsp3) is 0.519. The summed E-state index contributed by atoms with van der Waals surface area (Å²) in [6.07, 6.45) is 5.50. The first kappa shape index (κ1) is 22.2. The maximum absolute atomic E-state index is 11.6. The summed E-state index contributed by atoms with van der Waals surface area (Å²) in [6, 6.07) is 7.47. The largest absolute Gasteiger partial charge is 0.392 e. The number of aromatic nitrogens is 1. The molecule has 166 valence electrons. The lowest BCUT2D eigenvalue weighted by atomic mass is 9.71. The molecule has 0 saturated carbocycles. The fourth-order valence-corrected chi connectivity index (χ4v) is 5.26. The fourth-order valence-electron chi connectivity index (χ4n) is 5.26. The predicted molar refractivity (Wildman–Crippen MR) is 124 cm³/mol. The normalized spacial score (nSPS) is 21.2. The Morgan fingerprint density at radius 1 is 1.16 bits per heavy atom.